The Morgan fingerprint density at radius 3 is 2.76 bits per heavy atom. The van der Waals surface area contributed by atoms with Gasteiger partial charge in [0.1, 0.15) is 18.2 Å². The molecule has 1 aromatic carbocycles. The van der Waals surface area contributed by atoms with E-state index >= 15 is 0 Å². The van der Waals surface area contributed by atoms with Gasteiger partial charge in [0.25, 0.3) is 0 Å². The van der Waals surface area contributed by atoms with Gasteiger partial charge in [0.15, 0.2) is 5.65 Å². The molecule has 0 aliphatic carbocycles. The molecule has 8 heteroatoms. The first-order valence-electron chi connectivity index (χ1n) is 7.65. The molecule has 1 atom stereocenters. The smallest absolute Gasteiger partial charge is 0.348 e. The Kier molecular flexibility index (Phi) is 4.35. The van der Waals surface area contributed by atoms with Gasteiger partial charge in [-0.3, -0.25) is 4.79 Å². The molecule has 0 aliphatic heterocycles. The molecular weight excluding hydrogens is 330 g/mol. The van der Waals surface area contributed by atoms with Crippen LogP contribution in [0.15, 0.2) is 41.3 Å². The highest BCUT2D eigenvalue weighted by atomic mass is 19.1. The molecule has 0 spiro atoms. The molecule has 3 aromatic rings. The van der Waals surface area contributed by atoms with Crippen LogP contribution in [-0.4, -0.2) is 20.1 Å². The summed E-state index contributed by atoms with van der Waals surface area (Å²) in [5.41, 5.74) is 0.762. The van der Waals surface area contributed by atoms with Crippen molar-refractivity contribution in [2.45, 2.75) is 26.4 Å². The lowest BCUT2D eigenvalue weighted by Crippen LogP contribution is -2.34. The largest absolute Gasteiger partial charge is 0.350 e. The van der Waals surface area contributed by atoms with Crippen LogP contribution in [0.5, 0.6) is 0 Å². The highest BCUT2D eigenvalue weighted by Gasteiger charge is 2.14. The van der Waals surface area contributed by atoms with Crippen LogP contribution in [0.25, 0.3) is 5.65 Å². The van der Waals surface area contributed by atoms with Gasteiger partial charge in [-0.25, -0.2) is 22.7 Å². The molecule has 1 N–H and O–H groups in total. The van der Waals surface area contributed by atoms with Gasteiger partial charge >= 0.3 is 5.69 Å². The normalized spacial score (nSPS) is 12.3. The van der Waals surface area contributed by atoms with E-state index < -0.39 is 23.5 Å². The summed E-state index contributed by atoms with van der Waals surface area (Å²) >= 11 is 0. The Labute approximate surface area is 141 Å². The van der Waals surface area contributed by atoms with Gasteiger partial charge in [0, 0.05) is 0 Å². The number of pyridine rings is 1. The predicted octanol–water partition coefficient (Wildman–Crippen LogP) is 1.96. The summed E-state index contributed by atoms with van der Waals surface area (Å²) in [4.78, 5) is 24.3. The summed E-state index contributed by atoms with van der Waals surface area (Å²) in [6.07, 6.45) is 1.01. The lowest BCUT2D eigenvalue weighted by molar-refractivity contribution is -0.122. The van der Waals surface area contributed by atoms with Gasteiger partial charge in [-0.15, -0.1) is 5.10 Å². The summed E-state index contributed by atoms with van der Waals surface area (Å²) in [7, 11) is 0. The number of rotatable bonds is 4. The van der Waals surface area contributed by atoms with Crippen molar-refractivity contribution >= 4 is 11.6 Å². The zero-order chi connectivity index (χ0) is 18.1. The number of carbonyl (C=O) groups is 1. The van der Waals surface area contributed by atoms with Crippen LogP contribution < -0.4 is 11.0 Å². The maximum atomic E-state index is 13.6. The molecule has 0 fully saturated rings. The van der Waals surface area contributed by atoms with Gasteiger partial charge in [0.05, 0.1) is 12.2 Å². The molecule has 0 unspecified atom stereocenters. The Morgan fingerprint density at radius 2 is 2.04 bits per heavy atom. The quantitative estimate of drug-likeness (QED) is 0.785. The molecule has 0 aliphatic rings. The van der Waals surface area contributed by atoms with Crippen LogP contribution >= 0.6 is 0 Å². The van der Waals surface area contributed by atoms with E-state index in [2.05, 4.69) is 10.4 Å². The summed E-state index contributed by atoms with van der Waals surface area (Å²) in [5.74, 6) is -1.38. The van der Waals surface area contributed by atoms with Crippen molar-refractivity contribution in [2.75, 3.05) is 0 Å². The minimum atomic E-state index is -0.612. The van der Waals surface area contributed by atoms with Gasteiger partial charge in [0.2, 0.25) is 5.91 Å². The standard InChI is InChI=1S/C17H16F2N4O2/c1-10-3-4-12(7-14(10)19)11(2)20-16(24)9-23-17(25)22-8-13(18)5-6-15(22)21-23/h3-8,11H,9H2,1-2H3,(H,20,24)/t11-/m0/s1. The number of nitrogens with zero attached hydrogens (tertiary/aromatic N) is 3. The van der Waals surface area contributed by atoms with E-state index in [0.717, 1.165) is 15.3 Å². The van der Waals surface area contributed by atoms with Gasteiger partial charge in [-0.2, -0.15) is 0 Å². The van der Waals surface area contributed by atoms with E-state index in [1.807, 2.05) is 0 Å². The van der Waals surface area contributed by atoms with Gasteiger partial charge in [-0.05, 0) is 43.2 Å². The Balaban J connectivity index is 1.75. The number of fused-ring (bicyclic) bond motifs is 1. The molecule has 25 heavy (non-hydrogen) atoms. The molecule has 0 saturated carbocycles. The summed E-state index contributed by atoms with van der Waals surface area (Å²) in [5, 5.41) is 6.66. The zero-order valence-electron chi connectivity index (χ0n) is 13.7. The first kappa shape index (κ1) is 16.8. The van der Waals surface area contributed by atoms with Gasteiger partial charge in [-0.1, -0.05) is 12.1 Å². The van der Waals surface area contributed by atoms with Crippen molar-refractivity contribution in [3.63, 3.8) is 0 Å². The van der Waals surface area contributed by atoms with E-state index in [-0.39, 0.29) is 18.0 Å². The second kappa shape index (κ2) is 6.46. The van der Waals surface area contributed by atoms with Crippen LogP contribution in [0.1, 0.15) is 24.1 Å². The third-order valence-corrected chi connectivity index (χ3v) is 3.91. The molecule has 3 rings (SSSR count). The fraction of sp³-hybridized carbons (Fsp3) is 0.235. The van der Waals surface area contributed by atoms with E-state index in [9.17, 15) is 18.4 Å². The second-order valence-corrected chi connectivity index (χ2v) is 5.81. The summed E-state index contributed by atoms with van der Waals surface area (Å²) in [6, 6.07) is 6.81. The Morgan fingerprint density at radius 1 is 1.28 bits per heavy atom. The number of halogens is 2. The van der Waals surface area contributed by atoms with E-state index in [1.165, 1.54) is 18.2 Å². The molecule has 0 bridgehead atoms. The average Bonchev–Trinajstić information content (AvgIpc) is 2.86. The number of amides is 1. The summed E-state index contributed by atoms with van der Waals surface area (Å²) < 4.78 is 28.8. The lowest BCUT2D eigenvalue weighted by atomic mass is 10.1. The van der Waals surface area contributed by atoms with Crippen LogP contribution in [-0.2, 0) is 11.3 Å². The molecule has 1 amide bonds. The first-order chi connectivity index (χ1) is 11.8. The van der Waals surface area contributed by atoms with Gasteiger partial charge < -0.3 is 5.32 Å². The first-order valence-corrected chi connectivity index (χ1v) is 7.65. The van der Waals surface area contributed by atoms with E-state index in [0.29, 0.717) is 11.1 Å². The average molecular weight is 346 g/mol. The number of aryl methyl sites for hydroxylation is 1. The molecule has 0 radical (unpaired) electrons. The molecule has 2 aromatic heterocycles. The number of carbonyl (C=O) groups excluding carboxylic acids is 1. The predicted molar refractivity (Wildman–Crippen MR) is 87.1 cm³/mol. The maximum absolute atomic E-state index is 13.6. The SMILES string of the molecule is Cc1ccc([C@H](C)NC(=O)Cn2nc3ccc(F)cn3c2=O)cc1F. The van der Waals surface area contributed by atoms with Crippen molar-refractivity contribution in [2.24, 2.45) is 0 Å². The molecule has 130 valence electrons. The van der Waals surface area contributed by atoms with Crippen molar-refractivity contribution in [3.8, 4) is 0 Å². The fourth-order valence-corrected chi connectivity index (χ4v) is 2.48. The number of benzene rings is 1. The van der Waals surface area contributed by atoms with E-state index in [4.69, 9.17) is 0 Å². The van der Waals surface area contributed by atoms with E-state index in [1.54, 1.807) is 26.0 Å². The molecule has 0 saturated heterocycles. The molecular formula is C17H16F2N4O2. The Hall–Kier alpha value is -3.03. The lowest BCUT2D eigenvalue weighted by Gasteiger charge is -2.14. The highest BCUT2D eigenvalue weighted by molar-refractivity contribution is 5.76. The number of aromatic nitrogens is 3. The zero-order valence-corrected chi connectivity index (χ0v) is 13.7. The number of nitrogens with one attached hydrogen (secondary N) is 1. The minimum absolute atomic E-state index is 0.243. The van der Waals surface area contributed by atoms with Crippen molar-refractivity contribution in [3.05, 3.63) is 69.8 Å². The molecule has 2 heterocycles. The number of hydrogen-bond acceptors (Lipinski definition) is 3. The number of hydrogen-bond donors (Lipinski definition) is 1. The monoisotopic (exact) mass is 346 g/mol. The van der Waals surface area contributed by atoms with Crippen LogP contribution in [0.4, 0.5) is 8.78 Å². The van der Waals surface area contributed by atoms with Crippen LogP contribution in [0, 0.1) is 18.6 Å². The minimum Gasteiger partial charge on any atom is -0.348 e. The van der Waals surface area contributed by atoms with Crippen molar-refractivity contribution < 1.29 is 13.6 Å². The fourth-order valence-electron chi connectivity index (χ4n) is 2.48. The topological polar surface area (TPSA) is 68.4 Å². The highest BCUT2D eigenvalue weighted by Crippen LogP contribution is 2.16. The third-order valence-electron chi connectivity index (χ3n) is 3.91. The van der Waals surface area contributed by atoms with Crippen molar-refractivity contribution in [1.29, 1.82) is 0 Å². The Bertz CT molecular complexity index is 1010. The van der Waals surface area contributed by atoms with Crippen LogP contribution in [0.3, 0.4) is 0 Å². The second-order valence-electron chi connectivity index (χ2n) is 5.81. The molecule has 6 nitrogen and oxygen atoms in total. The summed E-state index contributed by atoms with van der Waals surface area (Å²) in [6.45, 7) is 3.05. The third kappa shape index (κ3) is 3.42. The van der Waals surface area contributed by atoms with Crippen molar-refractivity contribution in [1.82, 2.24) is 19.5 Å². The van der Waals surface area contributed by atoms with Crippen LogP contribution in [0.2, 0.25) is 0 Å². The maximum Gasteiger partial charge on any atom is 0.350 e.